The van der Waals surface area contributed by atoms with Crippen LogP contribution in [0.4, 0.5) is 5.95 Å². The number of fused-ring (bicyclic) bond motifs is 1. The van der Waals surface area contributed by atoms with Crippen molar-refractivity contribution in [3.05, 3.63) is 16.7 Å². The van der Waals surface area contributed by atoms with Crippen molar-refractivity contribution in [1.82, 2.24) is 24.2 Å². The number of nitrogens with zero attached hydrogens (tertiary/aromatic N) is 5. The average molecular weight is 538 g/mol. The van der Waals surface area contributed by atoms with Gasteiger partial charge in [-0.25, -0.2) is 4.98 Å². The number of hydrogen-bond donors (Lipinski definition) is 4. The fourth-order valence-electron chi connectivity index (χ4n) is 4.26. The summed E-state index contributed by atoms with van der Waals surface area (Å²) in [6.07, 6.45) is -1.99. The summed E-state index contributed by atoms with van der Waals surface area (Å²) in [5.41, 5.74) is -0.415. The molecule has 1 amide bonds. The van der Waals surface area contributed by atoms with E-state index in [0.717, 1.165) is 0 Å². The lowest BCUT2D eigenvalue weighted by Gasteiger charge is -2.39. The fraction of sp³-hybridized carbons (Fsp3) is 0.696. The van der Waals surface area contributed by atoms with Crippen LogP contribution in [0, 0.1) is 17.2 Å². The standard InChI is InChI=1S/C23H36N7O6P/c1-12(2)20(33)27-23-26-19-16(21(34)28-23)25-11-29(19)22-18(17(32)15(10-31)35-22)36-37(9-7-8-24)30(13(3)4)14(5)6/h11-15,17-18,22,31-32H,7,9-10H2,1-6H3,(H2,26,27,28,33,34)/t15-,17-,18-,22-,37?/m1/s1. The molecule has 0 aromatic carbocycles. The number of H-pyrrole nitrogens is 1. The van der Waals surface area contributed by atoms with E-state index in [1.54, 1.807) is 13.8 Å². The zero-order valence-electron chi connectivity index (χ0n) is 22.0. The van der Waals surface area contributed by atoms with Crippen molar-refractivity contribution in [2.45, 2.75) is 84.6 Å². The lowest BCUT2D eigenvalue weighted by atomic mass is 10.1. The number of nitriles is 1. The van der Waals surface area contributed by atoms with Crippen LogP contribution in [0.25, 0.3) is 11.2 Å². The highest BCUT2D eigenvalue weighted by molar-refractivity contribution is 7.50. The Hall–Kier alpha value is -2.46. The van der Waals surface area contributed by atoms with E-state index in [-0.39, 0.29) is 47.4 Å². The highest BCUT2D eigenvalue weighted by atomic mass is 31.2. The summed E-state index contributed by atoms with van der Waals surface area (Å²) >= 11 is 0. The number of aromatic nitrogens is 4. The Morgan fingerprint density at radius 1 is 1.35 bits per heavy atom. The summed E-state index contributed by atoms with van der Waals surface area (Å²) in [4.78, 5) is 35.9. The summed E-state index contributed by atoms with van der Waals surface area (Å²) < 4.78 is 16.1. The molecular formula is C23H36N7O6P. The number of ether oxygens (including phenoxy) is 1. The van der Waals surface area contributed by atoms with E-state index in [2.05, 4.69) is 31.0 Å². The van der Waals surface area contributed by atoms with E-state index in [1.807, 2.05) is 27.7 Å². The molecule has 1 unspecified atom stereocenters. The second kappa shape index (κ2) is 12.4. The fourth-order valence-corrected chi connectivity index (χ4v) is 6.54. The maximum atomic E-state index is 12.7. The lowest BCUT2D eigenvalue weighted by Crippen LogP contribution is -2.39. The number of aromatic amines is 1. The molecule has 1 aliphatic heterocycles. The van der Waals surface area contributed by atoms with Crippen LogP contribution in [0.3, 0.4) is 0 Å². The van der Waals surface area contributed by atoms with Gasteiger partial charge in [0.1, 0.15) is 26.6 Å². The van der Waals surface area contributed by atoms with Crippen molar-refractivity contribution >= 4 is 31.3 Å². The summed E-state index contributed by atoms with van der Waals surface area (Å²) in [6.45, 7) is 11.1. The van der Waals surface area contributed by atoms with Crippen LogP contribution in [0.5, 0.6) is 0 Å². The monoisotopic (exact) mass is 537 g/mol. The molecule has 0 spiro atoms. The molecular weight excluding hydrogens is 501 g/mol. The SMILES string of the molecule is CC(C)C(=O)Nc1nc2c(ncn2[C@@H]2O[C@H](CO)[C@@H](O)[C@H]2OP(CCC#N)N(C(C)C)C(C)C)c(=O)[nH]1. The minimum absolute atomic E-state index is 0.0181. The van der Waals surface area contributed by atoms with Gasteiger partial charge in [0.25, 0.3) is 5.56 Å². The molecule has 1 aliphatic rings. The number of aliphatic hydroxyl groups is 2. The molecule has 0 bridgehead atoms. The van der Waals surface area contributed by atoms with E-state index in [1.165, 1.54) is 10.9 Å². The molecule has 13 nitrogen and oxygen atoms in total. The molecule has 14 heteroatoms. The maximum Gasteiger partial charge on any atom is 0.280 e. The molecule has 0 radical (unpaired) electrons. The summed E-state index contributed by atoms with van der Waals surface area (Å²) in [5.74, 6) is -0.706. The van der Waals surface area contributed by atoms with Gasteiger partial charge in [-0.05, 0) is 27.7 Å². The van der Waals surface area contributed by atoms with Gasteiger partial charge in [0.2, 0.25) is 11.9 Å². The molecule has 4 N–H and O–H groups in total. The van der Waals surface area contributed by atoms with Gasteiger partial charge in [-0.1, -0.05) is 13.8 Å². The van der Waals surface area contributed by atoms with E-state index in [4.69, 9.17) is 9.26 Å². The molecule has 3 rings (SSSR count). The highest BCUT2D eigenvalue weighted by Crippen LogP contribution is 2.50. The minimum atomic E-state index is -1.34. The quantitative estimate of drug-likeness (QED) is 0.308. The molecule has 5 atom stereocenters. The molecule has 2 aromatic rings. The van der Waals surface area contributed by atoms with Crippen molar-refractivity contribution in [2.75, 3.05) is 18.1 Å². The number of imidazole rings is 1. The second-order valence-corrected chi connectivity index (χ2v) is 11.6. The number of carbonyl (C=O) groups is 1. The van der Waals surface area contributed by atoms with Crippen LogP contribution in [-0.2, 0) is 14.1 Å². The van der Waals surface area contributed by atoms with Crippen LogP contribution in [0.1, 0.15) is 54.2 Å². The van der Waals surface area contributed by atoms with Crippen LogP contribution < -0.4 is 10.9 Å². The lowest BCUT2D eigenvalue weighted by molar-refractivity contribution is -0.118. The number of amides is 1. The zero-order valence-corrected chi connectivity index (χ0v) is 22.8. The Labute approximate surface area is 216 Å². The van der Waals surface area contributed by atoms with Gasteiger partial charge < -0.3 is 19.5 Å². The van der Waals surface area contributed by atoms with Crippen molar-refractivity contribution in [3.63, 3.8) is 0 Å². The first-order valence-corrected chi connectivity index (χ1v) is 13.7. The number of carbonyl (C=O) groups excluding carboxylic acids is 1. The number of nitrogens with one attached hydrogen (secondary N) is 2. The first kappa shape index (κ1) is 29.1. The van der Waals surface area contributed by atoms with E-state index >= 15 is 0 Å². The molecule has 1 fully saturated rings. The first-order valence-electron chi connectivity index (χ1n) is 12.3. The van der Waals surface area contributed by atoms with Gasteiger partial charge in [-0.3, -0.25) is 29.1 Å². The first-order chi connectivity index (χ1) is 17.5. The van der Waals surface area contributed by atoms with Gasteiger partial charge in [-0.15, -0.1) is 0 Å². The topological polar surface area (TPSA) is 179 Å². The van der Waals surface area contributed by atoms with Crippen molar-refractivity contribution in [3.8, 4) is 6.07 Å². The van der Waals surface area contributed by atoms with Crippen LogP contribution >= 0.6 is 8.30 Å². The Bertz CT molecular complexity index is 1170. The van der Waals surface area contributed by atoms with Gasteiger partial charge in [-0.2, -0.15) is 10.2 Å². The predicted molar refractivity (Wildman–Crippen MR) is 138 cm³/mol. The van der Waals surface area contributed by atoms with Crippen molar-refractivity contribution < 1.29 is 24.3 Å². The summed E-state index contributed by atoms with van der Waals surface area (Å²) in [7, 11) is -1.34. The third-order valence-electron chi connectivity index (χ3n) is 5.94. The van der Waals surface area contributed by atoms with E-state index in [9.17, 15) is 25.1 Å². The highest BCUT2D eigenvalue weighted by Gasteiger charge is 2.48. The Morgan fingerprint density at radius 2 is 2.03 bits per heavy atom. The van der Waals surface area contributed by atoms with Crippen molar-refractivity contribution in [2.24, 2.45) is 5.92 Å². The molecule has 37 heavy (non-hydrogen) atoms. The normalized spacial score (nSPS) is 22.9. The summed E-state index contributed by atoms with van der Waals surface area (Å²) in [5, 5.41) is 32.7. The molecule has 2 aromatic heterocycles. The third-order valence-corrected chi connectivity index (χ3v) is 8.47. The molecule has 0 saturated carbocycles. The van der Waals surface area contributed by atoms with Gasteiger partial charge in [0.15, 0.2) is 17.4 Å². The molecule has 0 aliphatic carbocycles. The largest absolute Gasteiger partial charge is 0.394 e. The maximum absolute atomic E-state index is 12.7. The van der Waals surface area contributed by atoms with Gasteiger partial charge in [0.05, 0.1) is 19.0 Å². The number of rotatable bonds is 11. The Kier molecular flexibility index (Phi) is 9.74. The number of aliphatic hydroxyl groups excluding tert-OH is 2. The molecule has 3 heterocycles. The van der Waals surface area contributed by atoms with Crippen LogP contribution in [0.2, 0.25) is 0 Å². The molecule has 204 valence electrons. The predicted octanol–water partition coefficient (Wildman–Crippen LogP) is 1.69. The van der Waals surface area contributed by atoms with E-state index in [0.29, 0.717) is 6.16 Å². The zero-order chi connectivity index (χ0) is 27.4. The van der Waals surface area contributed by atoms with Gasteiger partial charge in [0, 0.05) is 30.6 Å². The van der Waals surface area contributed by atoms with Gasteiger partial charge >= 0.3 is 0 Å². The minimum Gasteiger partial charge on any atom is -0.394 e. The number of hydrogen-bond acceptors (Lipinski definition) is 10. The third kappa shape index (κ3) is 6.34. The summed E-state index contributed by atoms with van der Waals surface area (Å²) in [6, 6.07) is 2.38. The van der Waals surface area contributed by atoms with E-state index < -0.39 is 45.0 Å². The number of anilines is 1. The smallest absolute Gasteiger partial charge is 0.280 e. The van der Waals surface area contributed by atoms with Crippen LogP contribution in [0.15, 0.2) is 11.1 Å². The Balaban J connectivity index is 2.03. The van der Waals surface area contributed by atoms with Crippen LogP contribution in [-0.4, -0.2) is 83.5 Å². The Morgan fingerprint density at radius 3 is 2.59 bits per heavy atom. The average Bonchev–Trinajstić information content (AvgIpc) is 3.38. The molecule has 1 saturated heterocycles. The van der Waals surface area contributed by atoms with Crippen molar-refractivity contribution in [1.29, 1.82) is 5.26 Å². The second-order valence-electron chi connectivity index (χ2n) is 9.74.